The molecule has 3 aromatic heterocycles. The second kappa shape index (κ2) is 10.4. The van der Waals surface area contributed by atoms with Gasteiger partial charge >= 0.3 is 0 Å². The van der Waals surface area contributed by atoms with Gasteiger partial charge in [0.2, 0.25) is 11.8 Å². The van der Waals surface area contributed by atoms with E-state index in [1.54, 1.807) is 43.3 Å². The fourth-order valence-electron chi connectivity index (χ4n) is 3.83. The lowest BCUT2D eigenvalue weighted by molar-refractivity contribution is 0.0978. The lowest BCUT2D eigenvalue weighted by atomic mass is 10.1. The molecule has 37 heavy (non-hydrogen) atoms. The highest BCUT2D eigenvalue weighted by Crippen LogP contribution is 2.32. The summed E-state index contributed by atoms with van der Waals surface area (Å²) in [5.41, 5.74) is 4.07. The van der Waals surface area contributed by atoms with Crippen LogP contribution >= 0.6 is 0 Å². The third-order valence-corrected chi connectivity index (χ3v) is 6.70. The first-order chi connectivity index (χ1) is 17.6. The van der Waals surface area contributed by atoms with E-state index < -0.39 is 15.9 Å². The molecule has 0 unspecified atom stereocenters. The second-order valence-electron chi connectivity index (χ2n) is 8.50. The molecule has 0 aliphatic carbocycles. The van der Waals surface area contributed by atoms with Crippen LogP contribution in [0.2, 0.25) is 0 Å². The van der Waals surface area contributed by atoms with Gasteiger partial charge in [-0.05, 0) is 69.2 Å². The van der Waals surface area contributed by atoms with Crippen molar-refractivity contribution in [1.82, 2.24) is 19.7 Å². The van der Waals surface area contributed by atoms with Gasteiger partial charge in [0.05, 0.1) is 18.5 Å². The van der Waals surface area contributed by atoms with E-state index in [1.165, 1.54) is 19.2 Å². The Bertz CT molecular complexity index is 1580. The molecule has 0 spiro atoms. The van der Waals surface area contributed by atoms with Crippen molar-refractivity contribution in [3.63, 3.8) is 0 Å². The first-order valence-corrected chi connectivity index (χ1v) is 12.8. The molecule has 10 heteroatoms. The van der Waals surface area contributed by atoms with E-state index in [2.05, 4.69) is 19.7 Å². The van der Waals surface area contributed by atoms with Crippen molar-refractivity contribution in [2.45, 2.75) is 32.7 Å². The summed E-state index contributed by atoms with van der Waals surface area (Å²) in [6.45, 7) is 7.40. The summed E-state index contributed by atoms with van der Waals surface area (Å²) in [5, 5.41) is -0.265. The number of sulfonamides is 1. The zero-order valence-corrected chi connectivity index (χ0v) is 21.9. The largest absolute Gasteiger partial charge is 0.481 e. The van der Waals surface area contributed by atoms with Gasteiger partial charge in [0.1, 0.15) is 11.3 Å². The Labute approximate surface area is 215 Å². The molecule has 1 N–H and O–H groups in total. The van der Waals surface area contributed by atoms with E-state index in [4.69, 9.17) is 9.47 Å². The van der Waals surface area contributed by atoms with Crippen molar-refractivity contribution in [3.05, 3.63) is 88.6 Å². The number of carbonyl (C=O) groups is 1. The number of nitrogens with zero attached hydrogens (tertiary/aromatic N) is 3. The molecule has 4 aromatic rings. The molecular formula is C27H26N4O5S. The molecule has 190 valence electrons. The highest BCUT2D eigenvalue weighted by molar-refractivity contribution is 7.90. The maximum atomic E-state index is 13.2. The van der Waals surface area contributed by atoms with Crippen LogP contribution in [0.1, 0.15) is 32.7 Å². The van der Waals surface area contributed by atoms with Crippen molar-refractivity contribution in [2.75, 3.05) is 7.11 Å². The molecule has 0 saturated heterocycles. The summed E-state index contributed by atoms with van der Waals surface area (Å²) in [7, 11) is -2.73. The van der Waals surface area contributed by atoms with Gasteiger partial charge in [-0.25, -0.2) is 19.7 Å². The molecule has 0 aliphatic rings. The van der Waals surface area contributed by atoms with Crippen molar-refractivity contribution in [1.29, 1.82) is 0 Å². The van der Waals surface area contributed by atoms with Crippen LogP contribution in [0.4, 0.5) is 0 Å². The number of aromatic nitrogens is 3. The summed E-state index contributed by atoms with van der Waals surface area (Å²) in [6, 6.07) is 16.6. The third-order valence-electron chi connectivity index (χ3n) is 5.47. The highest BCUT2D eigenvalue weighted by Gasteiger charge is 2.25. The highest BCUT2D eigenvalue weighted by atomic mass is 32.2. The number of hydrogen-bond acceptors (Lipinski definition) is 8. The number of carbonyl (C=O) groups excluding carboxylic acids is 1. The number of aryl methyl sites for hydroxylation is 4. The lowest BCUT2D eigenvalue weighted by Gasteiger charge is -2.16. The van der Waals surface area contributed by atoms with Gasteiger partial charge < -0.3 is 9.47 Å². The summed E-state index contributed by atoms with van der Waals surface area (Å²) in [4.78, 5) is 26.2. The molecule has 3 heterocycles. The van der Waals surface area contributed by atoms with E-state index in [9.17, 15) is 13.2 Å². The van der Waals surface area contributed by atoms with Gasteiger partial charge in [-0.1, -0.05) is 29.8 Å². The first-order valence-electron chi connectivity index (χ1n) is 11.4. The minimum Gasteiger partial charge on any atom is -0.481 e. The number of nitrogens with one attached hydrogen (secondary N) is 1. The number of pyridine rings is 3. The SMILES string of the molecule is COc1cccc(-c2ccc(C(=O)NS(=O)(=O)c3cccc(C)n3)c(Oc3c(C)cc(C)cc3C)n2)n1. The second-order valence-corrected chi connectivity index (χ2v) is 10.1. The summed E-state index contributed by atoms with van der Waals surface area (Å²) in [6.07, 6.45) is 0. The molecule has 0 bridgehead atoms. The fourth-order valence-corrected chi connectivity index (χ4v) is 4.81. The number of rotatable bonds is 7. The zero-order chi connectivity index (χ0) is 26.7. The van der Waals surface area contributed by atoms with Crippen molar-refractivity contribution < 1.29 is 22.7 Å². The van der Waals surface area contributed by atoms with Crippen LogP contribution in [-0.2, 0) is 10.0 Å². The van der Waals surface area contributed by atoms with E-state index in [1.807, 2.05) is 32.9 Å². The van der Waals surface area contributed by atoms with Gasteiger partial charge in [0.15, 0.2) is 5.03 Å². The van der Waals surface area contributed by atoms with Gasteiger partial charge in [-0.3, -0.25) is 4.79 Å². The minimum atomic E-state index is -4.24. The minimum absolute atomic E-state index is 0.0674. The normalized spacial score (nSPS) is 11.2. The van der Waals surface area contributed by atoms with Crippen LogP contribution in [0.5, 0.6) is 17.5 Å². The number of amides is 1. The lowest BCUT2D eigenvalue weighted by Crippen LogP contribution is -2.31. The van der Waals surface area contributed by atoms with Gasteiger partial charge in [-0.2, -0.15) is 8.42 Å². The Balaban J connectivity index is 1.78. The van der Waals surface area contributed by atoms with E-state index >= 15 is 0 Å². The Morgan fingerprint density at radius 3 is 2.19 bits per heavy atom. The van der Waals surface area contributed by atoms with E-state index in [0.29, 0.717) is 28.7 Å². The molecule has 0 saturated carbocycles. The van der Waals surface area contributed by atoms with Crippen LogP contribution in [0.3, 0.4) is 0 Å². The Hall–Kier alpha value is -4.31. The Kier molecular flexibility index (Phi) is 7.21. The maximum Gasteiger partial charge on any atom is 0.281 e. The molecule has 0 radical (unpaired) electrons. The number of benzene rings is 1. The van der Waals surface area contributed by atoms with Crippen molar-refractivity contribution in [3.8, 4) is 28.9 Å². The molecule has 1 aromatic carbocycles. The summed E-state index contributed by atoms with van der Waals surface area (Å²) >= 11 is 0. The number of methoxy groups -OCH3 is 1. The predicted octanol–water partition coefficient (Wildman–Crippen LogP) is 4.69. The maximum absolute atomic E-state index is 13.2. The average molecular weight is 519 g/mol. The quantitative estimate of drug-likeness (QED) is 0.374. The molecular weight excluding hydrogens is 492 g/mol. The van der Waals surface area contributed by atoms with Crippen LogP contribution in [0.15, 0.2) is 65.7 Å². The molecule has 0 atom stereocenters. The topological polar surface area (TPSA) is 120 Å². The van der Waals surface area contributed by atoms with Crippen LogP contribution in [-0.4, -0.2) is 36.4 Å². The molecule has 0 fully saturated rings. The van der Waals surface area contributed by atoms with Gasteiger partial charge in [-0.15, -0.1) is 0 Å². The predicted molar refractivity (Wildman–Crippen MR) is 138 cm³/mol. The van der Waals surface area contributed by atoms with E-state index in [-0.39, 0.29) is 16.5 Å². The number of ether oxygens (including phenoxy) is 2. The van der Waals surface area contributed by atoms with Crippen LogP contribution < -0.4 is 14.2 Å². The van der Waals surface area contributed by atoms with E-state index in [0.717, 1.165) is 16.7 Å². The van der Waals surface area contributed by atoms with Crippen molar-refractivity contribution in [2.24, 2.45) is 0 Å². The molecule has 0 aliphatic heterocycles. The monoisotopic (exact) mass is 518 g/mol. The Morgan fingerprint density at radius 1 is 0.838 bits per heavy atom. The smallest absolute Gasteiger partial charge is 0.281 e. The zero-order valence-electron chi connectivity index (χ0n) is 21.1. The van der Waals surface area contributed by atoms with Crippen molar-refractivity contribution >= 4 is 15.9 Å². The molecule has 9 nitrogen and oxygen atoms in total. The van der Waals surface area contributed by atoms with Crippen LogP contribution in [0.25, 0.3) is 11.4 Å². The Morgan fingerprint density at radius 2 is 1.51 bits per heavy atom. The van der Waals surface area contributed by atoms with Gasteiger partial charge in [0.25, 0.3) is 15.9 Å². The number of hydrogen-bond donors (Lipinski definition) is 1. The molecule has 1 amide bonds. The standard InChI is InChI=1S/C27H26N4O5S/c1-16-14-17(2)25(18(3)15-16)36-27-20(12-13-22(30-27)21-9-7-10-23(29-21)35-5)26(32)31-37(33,34)24-11-6-8-19(4)28-24/h6-15H,1-5H3,(H,31,32). The molecule has 4 rings (SSSR count). The summed E-state index contributed by atoms with van der Waals surface area (Å²) in [5.74, 6) is -0.0582. The van der Waals surface area contributed by atoms with Crippen LogP contribution in [0, 0.1) is 27.7 Å². The average Bonchev–Trinajstić information content (AvgIpc) is 2.86. The summed E-state index contributed by atoms with van der Waals surface area (Å²) < 4.78 is 39.2. The van der Waals surface area contributed by atoms with Gasteiger partial charge in [0, 0.05) is 11.8 Å². The fraction of sp³-hybridized carbons (Fsp3) is 0.185. The first kappa shape index (κ1) is 25.8. The third kappa shape index (κ3) is 5.75.